The van der Waals surface area contributed by atoms with E-state index in [2.05, 4.69) is 16.7 Å². The van der Waals surface area contributed by atoms with Crippen molar-refractivity contribution < 1.29 is 4.79 Å². The van der Waals surface area contributed by atoms with E-state index in [1.165, 1.54) is 15.3 Å². The van der Waals surface area contributed by atoms with E-state index in [-0.39, 0.29) is 0 Å². The molecular formula is C10H16N2OS. The van der Waals surface area contributed by atoms with Crippen molar-refractivity contribution in [2.75, 3.05) is 14.1 Å². The second-order valence-electron chi connectivity index (χ2n) is 3.09. The van der Waals surface area contributed by atoms with Gasteiger partial charge in [-0.15, -0.1) is 11.3 Å². The van der Waals surface area contributed by atoms with Crippen LogP contribution in [0.15, 0.2) is 6.07 Å². The molecule has 0 aliphatic rings. The molecule has 0 aromatic carbocycles. The Bertz CT molecular complexity index is 296. The predicted molar refractivity (Wildman–Crippen MR) is 59.6 cm³/mol. The molecule has 1 aromatic heterocycles. The van der Waals surface area contributed by atoms with Gasteiger partial charge in [0, 0.05) is 29.3 Å². The molecule has 78 valence electrons. The fraction of sp³-hybridized carbons (Fsp3) is 0.500. The van der Waals surface area contributed by atoms with E-state index >= 15 is 0 Å². The van der Waals surface area contributed by atoms with Gasteiger partial charge < -0.3 is 15.4 Å². The molecule has 1 aromatic rings. The number of carbonyl (C=O) groups is 1. The average molecular weight is 212 g/mol. The van der Waals surface area contributed by atoms with Crippen LogP contribution < -0.4 is 10.6 Å². The Hall–Kier alpha value is -0.710. The first-order valence-electron chi connectivity index (χ1n) is 4.65. The molecule has 4 heteroatoms. The summed E-state index contributed by atoms with van der Waals surface area (Å²) in [6.45, 7) is 1.71. The highest BCUT2D eigenvalue weighted by Crippen LogP contribution is 2.22. The number of aldehydes is 1. The maximum absolute atomic E-state index is 10.5. The number of hydrogen-bond acceptors (Lipinski definition) is 4. The smallest absolute Gasteiger partial charge is 0.125 e. The Labute approximate surface area is 88.5 Å². The maximum atomic E-state index is 10.5. The van der Waals surface area contributed by atoms with Crippen molar-refractivity contribution >= 4 is 17.6 Å². The third-order valence-electron chi connectivity index (χ3n) is 1.93. The molecule has 1 rings (SSSR count). The molecule has 2 N–H and O–H groups in total. The lowest BCUT2D eigenvalue weighted by Gasteiger charge is -1.97. The zero-order valence-electron chi connectivity index (χ0n) is 8.59. The topological polar surface area (TPSA) is 41.1 Å². The number of thiophene rings is 1. The Morgan fingerprint density at radius 1 is 1.36 bits per heavy atom. The van der Waals surface area contributed by atoms with Gasteiger partial charge in [0.2, 0.25) is 0 Å². The number of carbonyl (C=O) groups excluding carboxylic acids is 1. The summed E-state index contributed by atoms with van der Waals surface area (Å²) in [6, 6.07) is 2.16. The molecule has 0 saturated carbocycles. The Kier molecular flexibility index (Phi) is 4.79. The monoisotopic (exact) mass is 212 g/mol. The molecule has 0 bridgehead atoms. The zero-order chi connectivity index (χ0) is 10.4. The Balaban J connectivity index is 2.81. The highest BCUT2D eigenvalue weighted by atomic mass is 32.1. The van der Waals surface area contributed by atoms with Crippen LogP contribution in [0.25, 0.3) is 0 Å². The molecular weight excluding hydrogens is 196 g/mol. The summed E-state index contributed by atoms with van der Waals surface area (Å²) in [6.07, 6.45) is 1.50. The third kappa shape index (κ3) is 2.90. The van der Waals surface area contributed by atoms with E-state index < -0.39 is 0 Å². The quantitative estimate of drug-likeness (QED) is 0.689. The van der Waals surface area contributed by atoms with E-state index in [4.69, 9.17) is 0 Å². The van der Waals surface area contributed by atoms with E-state index in [1.807, 2.05) is 14.1 Å². The fourth-order valence-corrected chi connectivity index (χ4v) is 2.53. The van der Waals surface area contributed by atoms with Crippen LogP contribution in [0.1, 0.15) is 15.3 Å². The van der Waals surface area contributed by atoms with Gasteiger partial charge in [0.25, 0.3) is 0 Å². The van der Waals surface area contributed by atoms with Gasteiger partial charge in [-0.3, -0.25) is 0 Å². The minimum Gasteiger partial charge on any atom is -0.316 e. The molecule has 0 saturated heterocycles. The fourth-order valence-electron chi connectivity index (χ4n) is 1.38. The van der Waals surface area contributed by atoms with Gasteiger partial charge in [0.15, 0.2) is 0 Å². The summed E-state index contributed by atoms with van der Waals surface area (Å²) in [5.41, 5.74) is 1.25. The zero-order valence-corrected chi connectivity index (χ0v) is 9.41. The van der Waals surface area contributed by atoms with E-state index in [1.54, 1.807) is 11.3 Å². The molecule has 1 heterocycles. The van der Waals surface area contributed by atoms with Gasteiger partial charge in [-0.25, -0.2) is 0 Å². The van der Waals surface area contributed by atoms with Crippen LogP contribution in [0.3, 0.4) is 0 Å². The number of hydrogen-bond donors (Lipinski definition) is 2. The van der Waals surface area contributed by atoms with Gasteiger partial charge in [-0.2, -0.15) is 0 Å². The SMILES string of the molecule is CNCc1cc(CNC)c(CC=O)s1. The summed E-state index contributed by atoms with van der Waals surface area (Å²) in [7, 11) is 3.84. The molecule has 0 amide bonds. The lowest BCUT2D eigenvalue weighted by molar-refractivity contribution is -0.107. The van der Waals surface area contributed by atoms with Crippen LogP contribution in [0, 0.1) is 0 Å². The largest absolute Gasteiger partial charge is 0.316 e. The van der Waals surface area contributed by atoms with Gasteiger partial charge >= 0.3 is 0 Å². The predicted octanol–water partition coefficient (Wildman–Crippen LogP) is 0.928. The van der Waals surface area contributed by atoms with E-state index in [9.17, 15) is 4.79 Å². The first-order valence-corrected chi connectivity index (χ1v) is 5.46. The van der Waals surface area contributed by atoms with Gasteiger partial charge in [0.1, 0.15) is 6.29 Å². The Morgan fingerprint density at radius 2 is 2.07 bits per heavy atom. The van der Waals surface area contributed by atoms with Crippen molar-refractivity contribution in [2.45, 2.75) is 19.5 Å². The summed E-state index contributed by atoms with van der Waals surface area (Å²) >= 11 is 1.71. The summed E-state index contributed by atoms with van der Waals surface area (Å²) in [5.74, 6) is 0. The van der Waals surface area contributed by atoms with Crippen molar-refractivity contribution in [2.24, 2.45) is 0 Å². The first-order chi connectivity index (χ1) is 6.81. The third-order valence-corrected chi connectivity index (χ3v) is 3.13. The number of rotatable bonds is 6. The standard InChI is InChI=1S/C10H16N2OS/c1-11-6-8-5-9(7-12-2)14-10(8)3-4-13/h4-5,11-12H,3,6-7H2,1-2H3. The van der Waals surface area contributed by atoms with Crippen LogP contribution in [0.4, 0.5) is 0 Å². The second kappa shape index (κ2) is 5.90. The molecule has 0 fully saturated rings. The molecule has 0 unspecified atom stereocenters. The number of nitrogens with one attached hydrogen (secondary N) is 2. The van der Waals surface area contributed by atoms with Crippen LogP contribution in [-0.2, 0) is 24.3 Å². The highest BCUT2D eigenvalue weighted by Gasteiger charge is 2.07. The van der Waals surface area contributed by atoms with Crippen LogP contribution in [0.2, 0.25) is 0 Å². The minimum atomic E-state index is 0.533. The summed E-state index contributed by atoms with van der Waals surface area (Å²) < 4.78 is 0. The molecule has 3 nitrogen and oxygen atoms in total. The molecule has 14 heavy (non-hydrogen) atoms. The molecule has 0 aliphatic carbocycles. The van der Waals surface area contributed by atoms with E-state index in [0.29, 0.717) is 6.42 Å². The lowest BCUT2D eigenvalue weighted by atomic mass is 10.2. The summed E-state index contributed by atoms with van der Waals surface area (Å²) in [5, 5.41) is 6.22. The lowest BCUT2D eigenvalue weighted by Crippen LogP contribution is -2.06. The highest BCUT2D eigenvalue weighted by molar-refractivity contribution is 7.12. The van der Waals surface area contributed by atoms with Crippen LogP contribution in [0.5, 0.6) is 0 Å². The van der Waals surface area contributed by atoms with Crippen molar-refractivity contribution in [1.29, 1.82) is 0 Å². The van der Waals surface area contributed by atoms with Gasteiger partial charge in [0.05, 0.1) is 0 Å². The van der Waals surface area contributed by atoms with E-state index in [0.717, 1.165) is 19.4 Å². The molecule has 0 spiro atoms. The normalized spacial score (nSPS) is 10.4. The summed E-state index contributed by atoms with van der Waals surface area (Å²) in [4.78, 5) is 12.9. The molecule has 0 radical (unpaired) electrons. The second-order valence-corrected chi connectivity index (χ2v) is 4.31. The van der Waals surface area contributed by atoms with Gasteiger partial charge in [-0.05, 0) is 25.7 Å². The van der Waals surface area contributed by atoms with Crippen LogP contribution >= 0.6 is 11.3 Å². The molecule has 0 atom stereocenters. The first kappa shape index (κ1) is 11.4. The van der Waals surface area contributed by atoms with Crippen molar-refractivity contribution in [1.82, 2.24) is 10.6 Å². The average Bonchev–Trinajstić information content (AvgIpc) is 2.50. The van der Waals surface area contributed by atoms with Crippen molar-refractivity contribution in [3.8, 4) is 0 Å². The Morgan fingerprint density at radius 3 is 2.64 bits per heavy atom. The van der Waals surface area contributed by atoms with Crippen molar-refractivity contribution in [3.05, 3.63) is 21.4 Å². The minimum absolute atomic E-state index is 0.533. The van der Waals surface area contributed by atoms with Crippen molar-refractivity contribution in [3.63, 3.8) is 0 Å². The molecule has 0 aliphatic heterocycles. The van der Waals surface area contributed by atoms with Crippen LogP contribution in [-0.4, -0.2) is 20.4 Å². The van der Waals surface area contributed by atoms with Gasteiger partial charge in [-0.1, -0.05) is 0 Å². The maximum Gasteiger partial charge on any atom is 0.125 e.